The summed E-state index contributed by atoms with van der Waals surface area (Å²) < 4.78 is 11.4. The molecule has 1 aromatic carbocycles. The van der Waals surface area contributed by atoms with Gasteiger partial charge in [0.25, 0.3) is 0 Å². The molecule has 1 aliphatic heterocycles. The number of amides is 1. The lowest BCUT2D eigenvalue weighted by Crippen LogP contribution is -2.50. The van der Waals surface area contributed by atoms with Gasteiger partial charge in [-0.1, -0.05) is 44.7 Å². The first-order valence-electron chi connectivity index (χ1n) is 13.2. The zero-order chi connectivity index (χ0) is 27.9. The maximum Gasteiger partial charge on any atom is 0.328 e. The van der Waals surface area contributed by atoms with E-state index in [9.17, 15) is 9.59 Å². The average molecular weight is 549 g/mol. The van der Waals surface area contributed by atoms with Crippen LogP contribution in [0.4, 0.5) is 5.13 Å². The fraction of sp³-hybridized carbons (Fsp3) is 0.400. The number of unbranched alkanes of at least 4 members (excludes halogenated alkanes) is 1. The van der Waals surface area contributed by atoms with E-state index in [-0.39, 0.29) is 18.4 Å². The number of carbonyl (C=O) groups is 2. The Morgan fingerprint density at radius 3 is 2.82 bits per heavy atom. The molecular weight excluding hydrogens is 512 g/mol. The van der Waals surface area contributed by atoms with Gasteiger partial charge in [0.2, 0.25) is 11.8 Å². The molecule has 4 rings (SSSR count). The van der Waals surface area contributed by atoms with Crippen LogP contribution in [-0.2, 0) is 20.7 Å². The molecule has 1 aliphatic rings. The molecule has 0 radical (unpaired) electrons. The quantitative estimate of drug-likeness (QED) is 0.181. The van der Waals surface area contributed by atoms with E-state index in [0.717, 1.165) is 41.3 Å². The Morgan fingerprint density at radius 2 is 2.10 bits per heavy atom. The molecule has 9 heteroatoms. The van der Waals surface area contributed by atoms with Gasteiger partial charge >= 0.3 is 5.97 Å². The van der Waals surface area contributed by atoms with Gasteiger partial charge < -0.3 is 19.7 Å². The number of anilines is 1. The van der Waals surface area contributed by atoms with Gasteiger partial charge in [-0.2, -0.15) is 0 Å². The Kier molecular flexibility index (Phi) is 9.35. The topological polar surface area (TPSA) is 93.7 Å². The van der Waals surface area contributed by atoms with Crippen molar-refractivity contribution in [2.75, 3.05) is 19.0 Å². The highest BCUT2D eigenvalue weighted by Crippen LogP contribution is 2.30. The summed E-state index contributed by atoms with van der Waals surface area (Å²) in [5.41, 5.74) is 1.94. The Hall–Kier alpha value is -3.72. The monoisotopic (exact) mass is 548 g/mol. The number of thiazole rings is 1. The summed E-state index contributed by atoms with van der Waals surface area (Å²) in [4.78, 5) is 37.3. The minimum atomic E-state index is -0.750. The van der Waals surface area contributed by atoms with E-state index in [4.69, 9.17) is 9.47 Å². The van der Waals surface area contributed by atoms with Gasteiger partial charge in [-0.3, -0.25) is 4.79 Å². The van der Waals surface area contributed by atoms with Crippen LogP contribution in [0.3, 0.4) is 0 Å². The molecule has 39 heavy (non-hydrogen) atoms. The highest BCUT2D eigenvalue weighted by molar-refractivity contribution is 7.13. The number of hydrogen-bond donors (Lipinski definition) is 1. The van der Waals surface area contributed by atoms with Crippen LogP contribution in [0.25, 0.3) is 16.8 Å². The van der Waals surface area contributed by atoms with E-state index in [0.29, 0.717) is 17.4 Å². The lowest BCUT2D eigenvalue weighted by atomic mass is 10.0. The normalized spacial score (nSPS) is 17.7. The molecule has 206 valence electrons. The fourth-order valence-electron chi connectivity index (χ4n) is 4.76. The van der Waals surface area contributed by atoms with Crippen molar-refractivity contribution in [3.63, 3.8) is 0 Å². The largest absolute Gasteiger partial charge is 0.472 e. The molecule has 0 aliphatic carbocycles. The number of rotatable bonds is 12. The first-order chi connectivity index (χ1) is 18.8. The zero-order valence-corrected chi connectivity index (χ0v) is 23.6. The molecular formula is C30H36N4O4S. The Bertz CT molecular complexity index is 1340. The number of ether oxygens (including phenoxy) is 2. The first kappa shape index (κ1) is 28.3. The van der Waals surface area contributed by atoms with Gasteiger partial charge in [0.05, 0.1) is 19.3 Å². The molecule has 3 atom stereocenters. The number of fused-ring (bicyclic) bond motifs is 1. The number of nitrogens with zero attached hydrogens (tertiary/aromatic N) is 3. The summed E-state index contributed by atoms with van der Waals surface area (Å²) in [7, 11) is 1.34. The van der Waals surface area contributed by atoms with Gasteiger partial charge in [0, 0.05) is 23.4 Å². The van der Waals surface area contributed by atoms with Crippen molar-refractivity contribution in [3.05, 3.63) is 66.3 Å². The molecule has 0 spiro atoms. The van der Waals surface area contributed by atoms with Crippen LogP contribution in [-0.4, -0.2) is 58.6 Å². The molecule has 0 saturated carbocycles. The van der Waals surface area contributed by atoms with Gasteiger partial charge in [0.15, 0.2) is 5.13 Å². The third-order valence-electron chi connectivity index (χ3n) is 6.89. The van der Waals surface area contributed by atoms with Crippen LogP contribution in [0.2, 0.25) is 0 Å². The van der Waals surface area contributed by atoms with Crippen LogP contribution in [0.1, 0.15) is 44.4 Å². The number of nitrogens with one attached hydrogen (secondary N) is 1. The second-order valence-corrected chi connectivity index (χ2v) is 10.9. The van der Waals surface area contributed by atoms with E-state index in [1.54, 1.807) is 17.2 Å². The molecule has 0 bridgehead atoms. The van der Waals surface area contributed by atoms with E-state index < -0.39 is 24.2 Å². The lowest BCUT2D eigenvalue weighted by Gasteiger charge is -2.29. The van der Waals surface area contributed by atoms with Crippen LogP contribution in [0.15, 0.2) is 55.1 Å². The highest BCUT2D eigenvalue weighted by Gasteiger charge is 2.44. The number of benzene rings is 1. The predicted molar refractivity (Wildman–Crippen MR) is 156 cm³/mol. The fourth-order valence-corrected chi connectivity index (χ4v) is 5.55. The first-order valence-corrected chi connectivity index (χ1v) is 14.1. The lowest BCUT2D eigenvalue weighted by molar-refractivity contribution is -0.151. The average Bonchev–Trinajstić information content (AvgIpc) is 3.58. The van der Waals surface area contributed by atoms with Gasteiger partial charge in [-0.25, -0.2) is 14.8 Å². The predicted octanol–water partition coefficient (Wildman–Crippen LogP) is 5.50. The Balaban J connectivity index is 1.53. The van der Waals surface area contributed by atoms with Crippen molar-refractivity contribution in [2.24, 2.45) is 5.92 Å². The van der Waals surface area contributed by atoms with E-state index in [1.165, 1.54) is 18.4 Å². The SMILES string of the molecule is C=CCCCc1csc(N[C@H](C(=O)N2C[C@H](Oc3nccc4ccc(C=C)cc34)C[C@H]2C(=O)OC)C(C)C)n1. The van der Waals surface area contributed by atoms with Crippen molar-refractivity contribution in [1.29, 1.82) is 0 Å². The van der Waals surface area contributed by atoms with Crippen LogP contribution < -0.4 is 10.1 Å². The summed E-state index contributed by atoms with van der Waals surface area (Å²) in [6, 6.07) is 6.55. The summed E-state index contributed by atoms with van der Waals surface area (Å²) in [6.45, 7) is 11.8. The number of hydrogen-bond acceptors (Lipinski definition) is 8. The second kappa shape index (κ2) is 12.9. The molecule has 2 aromatic heterocycles. The van der Waals surface area contributed by atoms with Crippen molar-refractivity contribution in [3.8, 4) is 5.88 Å². The number of methoxy groups -OCH3 is 1. The summed E-state index contributed by atoms with van der Waals surface area (Å²) in [5, 5.41) is 7.86. The molecule has 3 aromatic rings. The maximum absolute atomic E-state index is 13.9. The number of carbonyl (C=O) groups excluding carboxylic acids is 2. The molecule has 1 fully saturated rings. The van der Waals surface area contributed by atoms with E-state index in [2.05, 4.69) is 28.4 Å². The third-order valence-corrected chi connectivity index (χ3v) is 7.71. The van der Waals surface area contributed by atoms with Crippen LogP contribution in [0.5, 0.6) is 5.88 Å². The van der Waals surface area contributed by atoms with Crippen molar-refractivity contribution in [1.82, 2.24) is 14.9 Å². The number of pyridine rings is 1. The molecule has 3 heterocycles. The number of esters is 1. The minimum Gasteiger partial charge on any atom is -0.472 e. The molecule has 0 unspecified atom stereocenters. The summed E-state index contributed by atoms with van der Waals surface area (Å²) in [6.07, 6.45) is 8.03. The standard InChI is InChI=1S/C30H36N4O4S/c1-6-8-9-10-22-18-39-30(32-22)33-26(19(3)4)28(35)34-17-23(16-25(34)29(36)37-5)38-27-24-15-20(7-2)11-12-21(24)13-14-31-27/h6-7,11-15,18-19,23,25-26H,1-2,8-10,16-17H2,3-5H3,(H,32,33)/t23-,25+,26+/m1/s1. The van der Waals surface area contributed by atoms with Crippen molar-refractivity contribution >= 4 is 45.2 Å². The zero-order valence-electron chi connectivity index (χ0n) is 22.8. The highest BCUT2D eigenvalue weighted by atomic mass is 32.1. The van der Waals surface area contributed by atoms with E-state index in [1.807, 2.05) is 49.6 Å². The van der Waals surface area contributed by atoms with Crippen LogP contribution >= 0.6 is 11.3 Å². The summed E-state index contributed by atoms with van der Waals surface area (Å²) in [5.74, 6) is -0.226. The van der Waals surface area contributed by atoms with Gasteiger partial charge in [-0.15, -0.1) is 17.9 Å². The Labute approximate surface area is 233 Å². The molecule has 1 amide bonds. The summed E-state index contributed by atoms with van der Waals surface area (Å²) >= 11 is 1.48. The molecule has 1 N–H and O–H groups in total. The van der Waals surface area contributed by atoms with E-state index >= 15 is 0 Å². The van der Waals surface area contributed by atoms with Gasteiger partial charge in [-0.05, 0) is 48.3 Å². The van der Waals surface area contributed by atoms with Gasteiger partial charge in [0.1, 0.15) is 18.2 Å². The number of aromatic nitrogens is 2. The maximum atomic E-state index is 13.9. The Morgan fingerprint density at radius 1 is 1.28 bits per heavy atom. The van der Waals surface area contributed by atoms with Crippen molar-refractivity contribution < 1.29 is 19.1 Å². The van der Waals surface area contributed by atoms with Crippen molar-refractivity contribution in [2.45, 2.75) is 57.7 Å². The number of allylic oxidation sites excluding steroid dienone is 1. The smallest absolute Gasteiger partial charge is 0.328 e. The number of aryl methyl sites for hydroxylation is 1. The molecule has 1 saturated heterocycles. The second-order valence-electron chi connectivity index (χ2n) is 10.00. The minimum absolute atomic E-state index is 0.0408. The third kappa shape index (κ3) is 6.65. The van der Waals surface area contributed by atoms with Crippen LogP contribution in [0, 0.1) is 5.92 Å². The number of likely N-dealkylation sites (tertiary alicyclic amines) is 1. The molecule has 8 nitrogen and oxygen atoms in total.